The third kappa shape index (κ3) is 4.37. The van der Waals surface area contributed by atoms with Crippen LogP contribution in [0.4, 0.5) is 4.39 Å². The predicted molar refractivity (Wildman–Crippen MR) is 71.9 cm³/mol. The minimum Gasteiger partial charge on any atom is -0.377 e. The van der Waals surface area contributed by atoms with Gasteiger partial charge in [-0.15, -0.1) is 0 Å². The molecule has 18 heavy (non-hydrogen) atoms. The summed E-state index contributed by atoms with van der Waals surface area (Å²) in [5.74, 6) is -0.204. The Labute approximate surface area is 109 Å². The van der Waals surface area contributed by atoms with Crippen LogP contribution >= 0.6 is 0 Å². The Hall–Kier alpha value is -0.970. The molecule has 0 saturated heterocycles. The number of hydrogen-bond acceptors (Lipinski definition) is 3. The Kier molecular flexibility index (Phi) is 6.25. The van der Waals surface area contributed by atoms with Crippen molar-refractivity contribution < 1.29 is 9.13 Å². The first-order valence-corrected chi connectivity index (χ1v) is 6.32. The van der Waals surface area contributed by atoms with Crippen LogP contribution in [-0.2, 0) is 4.74 Å². The molecule has 3 nitrogen and oxygen atoms in total. The SMILES string of the molecule is CC(C)OCCN(C)C(CN)c1ccccc1F. The van der Waals surface area contributed by atoms with Gasteiger partial charge in [-0.3, -0.25) is 4.90 Å². The Morgan fingerprint density at radius 2 is 2.00 bits per heavy atom. The first kappa shape index (κ1) is 15.1. The van der Waals surface area contributed by atoms with Gasteiger partial charge in [0.05, 0.1) is 12.7 Å². The van der Waals surface area contributed by atoms with Gasteiger partial charge in [0, 0.05) is 24.7 Å². The highest BCUT2D eigenvalue weighted by Gasteiger charge is 2.18. The summed E-state index contributed by atoms with van der Waals surface area (Å²) in [5, 5.41) is 0. The Morgan fingerprint density at radius 3 is 2.56 bits per heavy atom. The molecule has 1 aromatic rings. The molecule has 2 N–H and O–H groups in total. The van der Waals surface area contributed by atoms with Gasteiger partial charge in [-0.05, 0) is 27.0 Å². The summed E-state index contributed by atoms with van der Waals surface area (Å²) >= 11 is 0. The maximum Gasteiger partial charge on any atom is 0.128 e. The smallest absolute Gasteiger partial charge is 0.128 e. The zero-order valence-electron chi connectivity index (χ0n) is 11.4. The zero-order chi connectivity index (χ0) is 13.5. The molecular formula is C14H23FN2O. The summed E-state index contributed by atoms with van der Waals surface area (Å²) in [7, 11) is 1.94. The lowest BCUT2D eigenvalue weighted by Gasteiger charge is -2.27. The number of ether oxygens (including phenoxy) is 1. The van der Waals surface area contributed by atoms with Crippen molar-refractivity contribution in [2.75, 3.05) is 26.7 Å². The van der Waals surface area contributed by atoms with Gasteiger partial charge in [-0.1, -0.05) is 18.2 Å². The number of nitrogens with two attached hydrogens (primary N) is 1. The van der Waals surface area contributed by atoms with Gasteiger partial charge in [0.25, 0.3) is 0 Å². The van der Waals surface area contributed by atoms with Crippen molar-refractivity contribution in [1.29, 1.82) is 0 Å². The third-order valence-electron chi connectivity index (χ3n) is 2.91. The summed E-state index contributed by atoms with van der Waals surface area (Å²) in [5.41, 5.74) is 6.40. The lowest BCUT2D eigenvalue weighted by molar-refractivity contribution is 0.0561. The molecule has 0 aliphatic carbocycles. The number of halogens is 1. The van der Waals surface area contributed by atoms with Gasteiger partial charge in [0.15, 0.2) is 0 Å². The highest BCUT2D eigenvalue weighted by Crippen LogP contribution is 2.20. The van der Waals surface area contributed by atoms with Crippen molar-refractivity contribution in [3.63, 3.8) is 0 Å². The van der Waals surface area contributed by atoms with E-state index in [4.69, 9.17) is 10.5 Å². The van der Waals surface area contributed by atoms with E-state index < -0.39 is 0 Å². The normalized spacial score (nSPS) is 13.3. The average molecular weight is 254 g/mol. The Morgan fingerprint density at radius 1 is 1.33 bits per heavy atom. The summed E-state index contributed by atoms with van der Waals surface area (Å²) in [6, 6.07) is 6.67. The summed E-state index contributed by atoms with van der Waals surface area (Å²) in [6.07, 6.45) is 0.211. The van der Waals surface area contributed by atoms with E-state index in [0.717, 1.165) is 6.54 Å². The highest BCUT2D eigenvalue weighted by molar-refractivity contribution is 5.21. The molecule has 4 heteroatoms. The van der Waals surface area contributed by atoms with Crippen molar-refractivity contribution in [3.05, 3.63) is 35.6 Å². The van der Waals surface area contributed by atoms with Crippen LogP contribution in [0, 0.1) is 5.82 Å². The van der Waals surface area contributed by atoms with Crippen LogP contribution in [0.5, 0.6) is 0 Å². The molecule has 0 heterocycles. The van der Waals surface area contributed by atoms with E-state index in [1.165, 1.54) is 6.07 Å². The molecular weight excluding hydrogens is 231 g/mol. The number of likely N-dealkylation sites (N-methyl/N-ethyl adjacent to an activating group) is 1. The minimum atomic E-state index is -0.204. The molecule has 1 unspecified atom stereocenters. The topological polar surface area (TPSA) is 38.5 Å². The summed E-state index contributed by atoms with van der Waals surface area (Å²) in [4.78, 5) is 2.03. The van der Waals surface area contributed by atoms with Crippen molar-refractivity contribution in [1.82, 2.24) is 4.90 Å². The molecule has 0 radical (unpaired) electrons. The number of benzene rings is 1. The number of nitrogens with zero attached hydrogens (tertiary/aromatic N) is 1. The van der Waals surface area contributed by atoms with Gasteiger partial charge in [0.2, 0.25) is 0 Å². The fourth-order valence-electron chi connectivity index (χ4n) is 1.88. The standard InChI is InChI=1S/C14H23FN2O/c1-11(2)18-9-8-17(3)14(10-16)12-6-4-5-7-13(12)15/h4-7,11,14H,8-10,16H2,1-3H3. The van der Waals surface area contributed by atoms with Crippen molar-refractivity contribution in [2.24, 2.45) is 5.73 Å². The number of hydrogen-bond donors (Lipinski definition) is 1. The molecule has 0 bridgehead atoms. The van der Waals surface area contributed by atoms with Gasteiger partial charge in [0.1, 0.15) is 5.82 Å². The van der Waals surface area contributed by atoms with Crippen LogP contribution < -0.4 is 5.73 Å². The molecule has 0 aliphatic heterocycles. The van der Waals surface area contributed by atoms with E-state index in [0.29, 0.717) is 18.7 Å². The van der Waals surface area contributed by atoms with E-state index in [1.807, 2.05) is 31.9 Å². The minimum absolute atomic E-state index is 0.109. The van der Waals surface area contributed by atoms with Gasteiger partial charge < -0.3 is 10.5 Å². The quantitative estimate of drug-likeness (QED) is 0.810. The van der Waals surface area contributed by atoms with Crippen LogP contribution in [0.2, 0.25) is 0 Å². The van der Waals surface area contributed by atoms with E-state index in [2.05, 4.69) is 0 Å². The van der Waals surface area contributed by atoms with Crippen molar-refractivity contribution in [3.8, 4) is 0 Å². The Balaban J connectivity index is 2.63. The molecule has 1 rings (SSSR count). The second-order valence-corrected chi connectivity index (χ2v) is 4.67. The number of rotatable bonds is 7. The van der Waals surface area contributed by atoms with Crippen LogP contribution in [0.3, 0.4) is 0 Å². The zero-order valence-corrected chi connectivity index (χ0v) is 11.4. The first-order valence-electron chi connectivity index (χ1n) is 6.32. The largest absolute Gasteiger partial charge is 0.377 e. The molecule has 1 aromatic carbocycles. The van der Waals surface area contributed by atoms with E-state index in [-0.39, 0.29) is 18.0 Å². The fraction of sp³-hybridized carbons (Fsp3) is 0.571. The molecule has 0 fully saturated rings. The average Bonchev–Trinajstić information content (AvgIpc) is 2.32. The van der Waals surface area contributed by atoms with Gasteiger partial charge in [-0.25, -0.2) is 4.39 Å². The summed E-state index contributed by atoms with van der Waals surface area (Å²) < 4.78 is 19.2. The van der Waals surface area contributed by atoms with Gasteiger partial charge in [-0.2, -0.15) is 0 Å². The van der Waals surface area contributed by atoms with E-state index in [1.54, 1.807) is 12.1 Å². The second kappa shape index (κ2) is 7.46. The summed E-state index contributed by atoms with van der Waals surface area (Å²) in [6.45, 7) is 5.74. The molecule has 0 saturated carbocycles. The third-order valence-corrected chi connectivity index (χ3v) is 2.91. The Bertz CT molecular complexity index is 357. The maximum absolute atomic E-state index is 13.7. The van der Waals surface area contributed by atoms with Crippen LogP contribution in [-0.4, -0.2) is 37.7 Å². The maximum atomic E-state index is 13.7. The molecule has 102 valence electrons. The highest BCUT2D eigenvalue weighted by atomic mass is 19.1. The fourth-order valence-corrected chi connectivity index (χ4v) is 1.88. The van der Waals surface area contributed by atoms with Crippen molar-refractivity contribution in [2.45, 2.75) is 26.0 Å². The van der Waals surface area contributed by atoms with E-state index in [9.17, 15) is 4.39 Å². The van der Waals surface area contributed by atoms with Crippen LogP contribution in [0.25, 0.3) is 0 Å². The van der Waals surface area contributed by atoms with Gasteiger partial charge >= 0.3 is 0 Å². The van der Waals surface area contributed by atoms with Crippen LogP contribution in [0.15, 0.2) is 24.3 Å². The van der Waals surface area contributed by atoms with E-state index >= 15 is 0 Å². The molecule has 0 amide bonds. The first-order chi connectivity index (χ1) is 8.56. The van der Waals surface area contributed by atoms with Crippen LogP contribution in [0.1, 0.15) is 25.5 Å². The predicted octanol–water partition coefficient (Wildman–Crippen LogP) is 2.18. The molecule has 0 aliphatic rings. The monoisotopic (exact) mass is 254 g/mol. The molecule has 0 spiro atoms. The lowest BCUT2D eigenvalue weighted by Crippen LogP contribution is -2.34. The molecule has 0 aromatic heterocycles. The van der Waals surface area contributed by atoms with Crippen molar-refractivity contribution >= 4 is 0 Å². The molecule has 1 atom stereocenters. The lowest BCUT2D eigenvalue weighted by atomic mass is 10.1. The second-order valence-electron chi connectivity index (χ2n) is 4.67.